The van der Waals surface area contributed by atoms with Crippen LogP contribution in [-0.2, 0) is 11.2 Å². The summed E-state index contributed by atoms with van der Waals surface area (Å²) in [6, 6.07) is 2.17. The summed E-state index contributed by atoms with van der Waals surface area (Å²) in [4.78, 5) is 1.45. The lowest BCUT2D eigenvalue weighted by Gasteiger charge is -2.07. The molecule has 0 aliphatic heterocycles. The molecule has 92 valence electrons. The van der Waals surface area contributed by atoms with Crippen molar-refractivity contribution in [1.29, 1.82) is 0 Å². The maximum atomic E-state index is 5.59. The zero-order valence-electron chi connectivity index (χ0n) is 10.6. The van der Waals surface area contributed by atoms with Crippen molar-refractivity contribution in [1.82, 2.24) is 5.32 Å². The van der Waals surface area contributed by atoms with Gasteiger partial charge in [0.15, 0.2) is 0 Å². The Morgan fingerprint density at radius 1 is 1.38 bits per heavy atom. The Kier molecular flexibility index (Phi) is 6.69. The first-order chi connectivity index (χ1) is 7.70. The van der Waals surface area contributed by atoms with E-state index in [1.54, 1.807) is 0 Å². The van der Waals surface area contributed by atoms with Gasteiger partial charge in [-0.05, 0) is 36.4 Å². The fourth-order valence-electron chi connectivity index (χ4n) is 1.46. The molecule has 1 N–H and O–H groups in total. The largest absolute Gasteiger partial charge is 0.380 e. The van der Waals surface area contributed by atoms with Gasteiger partial charge in [-0.15, -0.1) is 11.3 Å². The van der Waals surface area contributed by atoms with Gasteiger partial charge in [-0.2, -0.15) is 0 Å². The van der Waals surface area contributed by atoms with E-state index in [0.717, 1.165) is 32.7 Å². The SMILES string of the molecule is Cc1ccsc1CCOCCNCC(C)C. The van der Waals surface area contributed by atoms with E-state index >= 15 is 0 Å². The van der Waals surface area contributed by atoms with E-state index in [9.17, 15) is 0 Å². The minimum Gasteiger partial charge on any atom is -0.380 e. The number of hydrogen-bond donors (Lipinski definition) is 1. The molecule has 0 amide bonds. The topological polar surface area (TPSA) is 21.3 Å². The highest BCUT2D eigenvalue weighted by atomic mass is 32.1. The lowest BCUT2D eigenvalue weighted by atomic mass is 10.2. The highest BCUT2D eigenvalue weighted by Crippen LogP contribution is 2.15. The van der Waals surface area contributed by atoms with Gasteiger partial charge in [0.1, 0.15) is 0 Å². The molecule has 0 unspecified atom stereocenters. The van der Waals surface area contributed by atoms with Crippen molar-refractivity contribution in [3.8, 4) is 0 Å². The van der Waals surface area contributed by atoms with Crippen LogP contribution in [0.1, 0.15) is 24.3 Å². The van der Waals surface area contributed by atoms with Gasteiger partial charge in [-0.1, -0.05) is 13.8 Å². The molecule has 3 heteroatoms. The van der Waals surface area contributed by atoms with Crippen LogP contribution < -0.4 is 5.32 Å². The number of rotatable bonds is 8. The van der Waals surface area contributed by atoms with Crippen LogP contribution >= 0.6 is 11.3 Å². The number of ether oxygens (including phenoxy) is 1. The predicted molar refractivity (Wildman–Crippen MR) is 71.3 cm³/mol. The van der Waals surface area contributed by atoms with Crippen molar-refractivity contribution in [2.45, 2.75) is 27.2 Å². The number of hydrogen-bond acceptors (Lipinski definition) is 3. The van der Waals surface area contributed by atoms with Crippen LogP contribution in [0.3, 0.4) is 0 Å². The second-order valence-electron chi connectivity index (χ2n) is 4.49. The Bertz CT molecular complexity index is 283. The van der Waals surface area contributed by atoms with E-state index in [0.29, 0.717) is 5.92 Å². The molecule has 1 heterocycles. The summed E-state index contributed by atoms with van der Waals surface area (Å²) in [5.74, 6) is 0.716. The van der Waals surface area contributed by atoms with Gasteiger partial charge in [0.25, 0.3) is 0 Å². The predicted octanol–water partition coefficient (Wildman–Crippen LogP) is 2.86. The van der Waals surface area contributed by atoms with Gasteiger partial charge in [-0.25, -0.2) is 0 Å². The fraction of sp³-hybridized carbons (Fsp3) is 0.692. The van der Waals surface area contributed by atoms with Gasteiger partial charge in [-0.3, -0.25) is 0 Å². The van der Waals surface area contributed by atoms with Crippen LogP contribution in [0.5, 0.6) is 0 Å². The van der Waals surface area contributed by atoms with Gasteiger partial charge in [0.05, 0.1) is 13.2 Å². The Morgan fingerprint density at radius 3 is 2.81 bits per heavy atom. The van der Waals surface area contributed by atoms with Gasteiger partial charge < -0.3 is 10.1 Å². The molecule has 0 aromatic carbocycles. The standard InChI is InChI=1S/C13H23NOS/c1-11(2)10-14-6-8-15-7-4-13-12(3)5-9-16-13/h5,9,11,14H,4,6-8,10H2,1-3H3. The molecule has 1 aromatic heterocycles. The molecule has 0 aliphatic rings. The van der Waals surface area contributed by atoms with Crippen molar-refractivity contribution in [2.24, 2.45) is 5.92 Å². The van der Waals surface area contributed by atoms with E-state index in [2.05, 4.69) is 37.5 Å². The van der Waals surface area contributed by atoms with Gasteiger partial charge in [0.2, 0.25) is 0 Å². The molecular formula is C13H23NOS. The summed E-state index contributed by atoms with van der Waals surface area (Å²) >= 11 is 1.83. The minimum absolute atomic E-state index is 0.716. The summed E-state index contributed by atoms with van der Waals surface area (Å²) in [5, 5.41) is 5.52. The number of thiophene rings is 1. The number of aryl methyl sites for hydroxylation is 1. The average Bonchev–Trinajstić information content (AvgIpc) is 2.62. The highest BCUT2D eigenvalue weighted by molar-refractivity contribution is 7.10. The van der Waals surface area contributed by atoms with Crippen molar-refractivity contribution in [2.75, 3.05) is 26.3 Å². The maximum Gasteiger partial charge on any atom is 0.0591 e. The molecule has 0 saturated carbocycles. The maximum absolute atomic E-state index is 5.59. The van der Waals surface area contributed by atoms with Crippen molar-refractivity contribution in [3.63, 3.8) is 0 Å². The van der Waals surface area contributed by atoms with Crippen LogP contribution in [0.4, 0.5) is 0 Å². The number of nitrogens with one attached hydrogen (secondary N) is 1. The molecular weight excluding hydrogens is 218 g/mol. The van der Waals surface area contributed by atoms with E-state index in [4.69, 9.17) is 4.74 Å². The Hall–Kier alpha value is -0.380. The quantitative estimate of drug-likeness (QED) is 0.707. The Morgan fingerprint density at radius 2 is 2.19 bits per heavy atom. The first-order valence-electron chi connectivity index (χ1n) is 6.01. The van der Waals surface area contributed by atoms with Crippen LogP contribution in [0.25, 0.3) is 0 Å². The normalized spacial score (nSPS) is 11.2. The van der Waals surface area contributed by atoms with Crippen molar-refractivity contribution < 1.29 is 4.74 Å². The second-order valence-corrected chi connectivity index (χ2v) is 5.49. The monoisotopic (exact) mass is 241 g/mol. The third-order valence-corrected chi connectivity index (χ3v) is 3.50. The van der Waals surface area contributed by atoms with Crippen LogP contribution in [0.15, 0.2) is 11.4 Å². The van der Waals surface area contributed by atoms with Crippen molar-refractivity contribution in [3.05, 3.63) is 21.9 Å². The molecule has 1 rings (SSSR count). The molecule has 1 aromatic rings. The first kappa shape index (κ1) is 13.7. The molecule has 0 bridgehead atoms. The zero-order valence-corrected chi connectivity index (χ0v) is 11.4. The van der Waals surface area contributed by atoms with Crippen LogP contribution in [-0.4, -0.2) is 26.3 Å². The molecule has 2 nitrogen and oxygen atoms in total. The van der Waals surface area contributed by atoms with Crippen LogP contribution in [0.2, 0.25) is 0 Å². The molecule has 0 saturated heterocycles. The zero-order chi connectivity index (χ0) is 11.8. The lowest BCUT2D eigenvalue weighted by molar-refractivity contribution is 0.139. The average molecular weight is 241 g/mol. The van der Waals surface area contributed by atoms with E-state index < -0.39 is 0 Å². The summed E-state index contributed by atoms with van der Waals surface area (Å²) in [7, 11) is 0. The van der Waals surface area contributed by atoms with E-state index in [1.807, 2.05) is 11.3 Å². The third kappa shape index (κ3) is 5.64. The summed E-state index contributed by atoms with van der Waals surface area (Å²) < 4.78 is 5.59. The Labute approximate surface area is 103 Å². The fourth-order valence-corrected chi connectivity index (χ4v) is 2.35. The summed E-state index contributed by atoms with van der Waals surface area (Å²) in [5.41, 5.74) is 1.39. The minimum atomic E-state index is 0.716. The van der Waals surface area contributed by atoms with E-state index in [1.165, 1.54) is 10.4 Å². The summed E-state index contributed by atoms with van der Waals surface area (Å²) in [6.07, 6.45) is 1.05. The van der Waals surface area contributed by atoms with Crippen molar-refractivity contribution >= 4 is 11.3 Å². The lowest BCUT2D eigenvalue weighted by Crippen LogP contribution is -2.24. The summed E-state index contributed by atoms with van der Waals surface area (Å²) in [6.45, 7) is 10.3. The molecule has 0 atom stereocenters. The van der Waals surface area contributed by atoms with Gasteiger partial charge >= 0.3 is 0 Å². The molecule has 0 radical (unpaired) electrons. The first-order valence-corrected chi connectivity index (χ1v) is 6.89. The molecule has 0 spiro atoms. The van der Waals surface area contributed by atoms with E-state index in [-0.39, 0.29) is 0 Å². The molecule has 16 heavy (non-hydrogen) atoms. The smallest absolute Gasteiger partial charge is 0.0591 e. The highest BCUT2D eigenvalue weighted by Gasteiger charge is 1.99. The molecule has 0 aliphatic carbocycles. The molecule has 0 fully saturated rings. The van der Waals surface area contributed by atoms with Gasteiger partial charge in [0, 0.05) is 17.8 Å². The van der Waals surface area contributed by atoms with Crippen LogP contribution in [0, 0.1) is 12.8 Å². The second kappa shape index (κ2) is 7.82. The third-order valence-electron chi connectivity index (χ3n) is 2.42. The Balaban J connectivity index is 1.94.